The normalized spacial score (nSPS) is 11.2. The SMILES string of the molecule is CCCN(CC)CCNC(=O)c1sc2nccnc2c1N. The highest BCUT2D eigenvalue weighted by atomic mass is 32.1. The van der Waals surface area contributed by atoms with Gasteiger partial charge in [0.15, 0.2) is 0 Å². The van der Waals surface area contributed by atoms with Crippen LogP contribution in [0.5, 0.6) is 0 Å². The fourth-order valence-electron chi connectivity index (χ4n) is 2.16. The van der Waals surface area contributed by atoms with Gasteiger partial charge in [-0.25, -0.2) is 9.97 Å². The topological polar surface area (TPSA) is 84.1 Å². The summed E-state index contributed by atoms with van der Waals surface area (Å²) in [5.41, 5.74) is 7.01. The fourth-order valence-corrected chi connectivity index (χ4v) is 3.10. The molecule has 0 radical (unpaired) electrons. The van der Waals surface area contributed by atoms with Crippen molar-refractivity contribution in [1.82, 2.24) is 20.2 Å². The van der Waals surface area contributed by atoms with E-state index in [1.165, 1.54) is 11.3 Å². The lowest BCUT2D eigenvalue weighted by molar-refractivity contribution is 0.0953. The number of rotatable bonds is 7. The second kappa shape index (κ2) is 7.33. The second-order valence-corrected chi connectivity index (χ2v) is 5.74. The summed E-state index contributed by atoms with van der Waals surface area (Å²) in [5, 5.41) is 2.92. The van der Waals surface area contributed by atoms with E-state index in [2.05, 4.69) is 34.0 Å². The third kappa shape index (κ3) is 3.68. The standard InChI is InChI=1S/C14H21N5OS/c1-3-8-19(4-2)9-7-17-13(20)12-10(15)11-14(21-12)18-6-5-16-11/h5-6H,3-4,7-9,15H2,1-2H3,(H,17,20). The number of thiophene rings is 1. The van der Waals surface area contributed by atoms with Gasteiger partial charge in [-0.15, -0.1) is 11.3 Å². The van der Waals surface area contributed by atoms with Crippen molar-refractivity contribution < 1.29 is 4.79 Å². The first kappa shape index (κ1) is 15.7. The highest BCUT2D eigenvalue weighted by Crippen LogP contribution is 2.30. The molecular weight excluding hydrogens is 286 g/mol. The highest BCUT2D eigenvalue weighted by molar-refractivity contribution is 7.21. The molecule has 0 atom stereocenters. The number of hydrogen-bond donors (Lipinski definition) is 2. The molecule has 0 saturated heterocycles. The summed E-state index contributed by atoms with van der Waals surface area (Å²) in [5.74, 6) is -0.148. The molecule has 1 amide bonds. The van der Waals surface area contributed by atoms with Gasteiger partial charge in [-0.05, 0) is 19.5 Å². The van der Waals surface area contributed by atoms with Crippen LogP contribution in [0.3, 0.4) is 0 Å². The Morgan fingerprint density at radius 3 is 2.76 bits per heavy atom. The van der Waals surface area contributed by atoms with Gasteiger partial charge in [0.25, 0.3) is 5.91 Å². The molecule has 2 heterocycles. The first-order chi connectivity index (χ1) is 10.2. The Balaban J connectivity index is 1.97. The minimum atomic E-state index is -0.148. The molecule has 0 fully saturated rings. The summed E-state index contributed by atoms with van der Waals surface area (Å²) in [4.78, 5) is 24.0. The molecule has 0 bridgehead atoms. The molecule has 0 spiro atoms. The van der Waals surface area contributed by atoms with Crippen molar-refractivity contribution in [2.45, 2.75) is 20.3 Å². The van der Waals surface area contributed by atoms with E-state index in [1.807, 2.05) is 0 Å². The first-order valence-electron chi connectivity index (χ1n) is 7.16. The number of nitrogens with one attached hydrogen (secondary N) is 1. The Morgan fingerprint density at radius 1 is 1.33 bits per heavy atom. The van der Waals surface area contributed by atoms with Crippen LogP contribution in [0.1, 0.15) is 29.9 Å². The van der Waals surface area contributed by atoms with Gasteiger partial charge in [0, 0.05) is 25.5 Å². The van der Waals surface area contributed by atoms with Gasteiger partial charge in [0.05, 0.1) is 5.69 Å². The molecule has 3 N–H and O–H groups in total. The Bertz CT molecular complexity index is 612. The molecule has 0 aromatic carbocycles. The summed E-state index contributed by atoms with van der Waals surface area (Å²) in [6.07, 6.45) is 4.29. The van der Waals surface area contributed by atoms with E-state index in [9.17, 15) is 4.79 Å². The van der Waals surface area contributed by atoms with Crippen molar-refractivity contribution >= 4 is 33.3 Å². The van der Waals surface area contributed by atoms with E-state index in [0.29, 0.717) is 27.5 Å². The van der Waals surface area contributed by atoms with Crippen LogP contribution in [0.2, 0.25) is 0 Å². The van der Waals surface area contributed by atoms with Crippen molar-refractivity contribution in [1.29, 1.82) is 0 Å². The van der Waals surface area contributed by atoms with E-state index in [1.54, 1.807) is 12.4 Å². The van der Waals surface area contributed by atoms with Crippen LogP contribution < -0.4 is 11.1 Å². The largest absolute Gasteiger partial charge is 0.396 e. The van der Waals surface area contributed by atoms with E-state index in [-0.39, 0.29) is 5.91 Å². The van der Waals surface area contributed by atoms with Crippen LogP contribution in [0.4, 0.5) is 5.69 Å². The van der Waals surface area contributed by atoms with E-state index < -0.39 is 0 Å². The number of anilines is 1. The molecule has 0 unspecified atom stereocenters. The number of carbonyl (C=O) groups excluding carboxylic acids is 1. The Hall–Kier alpha value is -1.73. The van der Waals surface area contributed by atoms with Crippen LogP contribution in [0, 0.1) is 0 Å². The minimum Gasteiger partial charge on any atom is -0.396 e. The van der Waals surface area contributed by atoms with Gasteiger partial charge in [-0.1, -0.05) is 13.8 Å². The van der Waals surface area contributed by atoms with Gasteiger partial charge in [0.1, 0.15) is 15.2 Å². The number of aromatic nitrogens is 2. The third-order valence-electron chi connectivity index (χ3n) is 3.27. The minimum absolute atomic E-state index is 0.148. The number of amides is 1. The lowest BCUT2D eigenvalue weighted by atomic mass is 10.3. The summed E-state index contributed by atoms with van der Waals surface area (Å²) in [6.45, 7) is 7.77. The quantitative estimate of drug-likeness (QED) is 0.814. The van der Waals surface area contributed by atoms with Crippen LogP contribution in [-0.2, 0) is 0 Å². The molecule has 21 heavy (non-hydrogen) atoms. The number of likely N-dealkylation sites (N-methyl/N-ethyl adjacent to an activating group) is 1. The zero-order chi connectivity index (χ0) is 15.2. The molecule has 0 aliphatic heterocycles. The smallest absolute Gasteiger partial charge is 0.263 e. The van der Waals surface area contributed by atoms with Gasteiger partial charge in [0.2, 0.25) is 0 Å². The van der Waals surface area contributed by atoms with Crippen molar-refractivity contribution in [3.63, 3.8) is 0 Å². The summed E-state index contributed by atoms with van der Waals surface area (Å²) >= 11 is 1.28. The number of carbonyl (C=O) groups is 1. The summed E-state index contributed by atoms with van der Waals surface area (Å²) in [6, 6.07) is 0. The number of hydrogen-bond acceptors (Lipinski definition) is 6. The molecular formula is C14H21N5OS. The van der Waals surface area contributed by atoms with Gasteiger partial charge in [-0.3, -0.25) is 4.79 Å². The monoisotopic (exact) mass is 307 g/mol. The van der Waals surface area contributed by atoms with Crippen molar-refractivity contribution in [3.8, 4) is 0 Å². The Morgan fingerprint density at radius 2 is 2.10 bits per heavy atom. The first-order valence-corrected chi connectivity index (χ1v) is 7.98. The summed E-state index contributed by atoms with van der Waals surface area (Å²) in [7, 11) is 0. The molecule has 0 aliphatic carbocycles. The van der Waals surface area contributed by atoms with Crippen molar-refractivity contribution in [2.75, 3.05) is 31.9 Å². The lowest BCUT2D eigenvalue weighted by Crippen LogP contribution is -2.35. The molecule has 2 aromatic rings. The highest BCUT2D eigenvalue weighted by Gasteiger charge is 2.17. The van der Waals surface area contributed by atoms with Gasteiger partial charge < -0.3 is 16.0 Å². The third-order valence-corrected chi connectivity index (χ3v) is 4.37. The summed E-state index contributed by atoms with van der Waals surface area (Å²) < 4.78 is 0. The van der Waals surface area contributed by atoms with E-state index in [4.69, 9.17) is 5.73 Å². The lowest BCUT2D eigenvalue weighted by Gasteiger charge is -2.19. The van der Waals surface area contributed by atoms with Crippen LogP contribution in [0.25, 0.3) is 10.3 Å². The molecule has 0 saturated carbocycles. The van der Waals surface area contributed by atoms with Gasteiger partial charge in [-0.2, -0.15) is 0 Å². The maximum Gasteiger partial charge on any atom is 0.263 e. The number of fused-ring (bicyclic) bond motifs is 1. The number of nitrogens with two attached hydrogens (primary N) is 1. The number of nitrogen functional groups attached to an aromatic ring is 1. The predicted molar refractivity (Wildman–Crippen MR) is 86.6 cm³/mol. The van der Waals surface area contributed by atoms with Crippen molar-refractivity contribution in [2.24, 2.45) is 0 Å². The Kier molecular flexibility index (Phi) is 5.46. The molecule has 2 aromatic heterocycles. The maximum atomic E-state index is 12.2. The molecule has 0 aliphatic rings. The average Bonchev–Trinajstić information content (AvgIpc) is 2.84. The zero-order valence-electron chi connectivity index (χ0n) is 12.4. The predicted octanol–water partition coefficient (Wildman–Crippen LogP) is 1.74. The van der Waals surface area contributed by atoms with Crippen LogP contribution in [-0.4, -0.2) is 47.0 Å². The van der Waals surface area contributed by atoms with Crippen molar-refractivity contribution in [3.05, 3.63) is 17.3 Å². The van der Waals surface area contributed by atoms with E-state index >= 15 is 0 Å². The molecule has 6 nitrogen and oxygen atoms in total. The maximum absolute atomic E-state index is 12.2. The molecule has 2 rings (SSSR count). The second-order valence-electron chi connectivity index (χ2n) is 4.75. The number of nitrogens with zero attached hydrogens (tertiary/aromatic N) is 3. The van der Waals surface area contributed by atoms with Crippen LogP contribution >= 0.6 is 11.3 Å². The average molecular weight is 307 g/mol. The molecule has 114 valence electrons. The van der Waals surface area contributed by atoms with E-state index in [0.717, 1.165) is 26.1 Å². The van der Waals surface area contributed by atoms with Gasteiger partial charge >= 0.3 is 0 Å². The zero-order valence-corrected chi connectivity index (χ0v) is 13.2. The fraction of sp³-hybridized carbons (Fsp3) is 0.500. The van der Waals surface area contributed by atoms with Crippen LogP contribution in [0.15, 0.2) is 12.4 Å². The Labute approximate surface area is 128 Å². The molecule has 7 heteroatoms.